The molecule has 0 atom stereocenters. The van der Waals surface area contributed by atoms with E-state index >= 15 is 0 Å². The number of rotatable bonds is 6. The van der Waals surface area contributed by atoms with Crippen LogP contribution in [0.2, 0.25) is 5.02 Å². The van der Waals surface area contributed by atoms with Crippen LogP contribution in [0.1, 0.15) is 24.3 Å². The molecular weight excluding hydrogens is 266 g/mol. The van der Waals surface area contributed by atoms with Crippen molar-refractivity contribution in [2.45, 2.75) is 26.5 Å². The van der Waals surface area contributed by atoms with Crippen LogP contribution in [-0.2, 0) is 19.6 Å². The highest BCUT2D eigenvalue weighted by Gasteiger charge is 2.10. The van der Waals surface area contributed by atoms with Crippen LogP contribution in [0.25, 0.3) is 0 Å². The van der Waals surface area contributed by atoms with Gasteiger partial charge in [0.2, 0.25) is 5.89 Å². The maximum atomic E-state index is 6.15. The zero-order valence-electron chi connectivity index (χ0n) is 10.9. The van der Waals surface area contributed by atoms with Gasteiger partial charge in [0.15, 0.2) is 6.61 Å². The molecule has 0 amide bonds. The van der Waals surface area contributed by atoms with E-state index in [2.05, 4.69) is 15.5 Å². The highest BCUT2D eigenvalue weighted by molar-refractivity contribution is 6.31. The first-order valence-corrected chi connectivity index (χ1v) is 6.48. The summed E-state index contributed by atoms with van der Waals surface area (Å²) in [5, 5.41) is 11.5. The van der Waals surface area contributed by atoms with Crippen LogP contribution in [0.15, 0.2) is 22.6 Å². The number of benzene rings is 1. The lowest BCUT2D eigenvalue weighted by molar-refractivity contribution is 0.256. The Labute approximate surface area is 116 Å². The van der Waals surface area contributed by atoms with E-state index in [-0.39, 0.29) is 6.61 Å². The predicted octanol–water partition coefficient (Wildman–Crippen LogP) is 2.58. The highest BCUT2D eigenvalue weighted by atomic mass is 35.5. The van der Waals surface area contributed by atoms with Crippen molar-refractivity contribution >= 4 is 11.6 Å². The van der Waals surface area contributed by atoms with E-state index in [1.807, 2.05) is 32.2 Å². The third-order valence-electron chi connectivity index (χ3n) is 2.59. The molecule has 0 saturated carbocycles. The number of nitrogens with zero attached hydrogens (tertiary/aromatic N) is 2. The molecule has 0 unspecified atom stereocenters. The van der Waals surface area contributed by atoms with E-state index in [1.165, 1.54) is 0 Å². The van der Waals surface area contributed by atoms with Crippen molar-refractivity contribution in [3.8, 4) is 5.75 Å². The fraction of sp³-hybridized carbons (Fsp3) is 0.385. The summed E-state index contributed by atoms with van der Waals surface area (Å²) in [5.41, 5.74) is 0.918. The second kappa shape index (κ2) is 6.54. The van der Waals surface area contributed by atoms with Crippen LogP contribution in [0.3, 0.4) is 0 Å². The Morgan fingerprint density at radius 2 is 2.11 bits per heavy atom. The molecule has 0 fully saturated rings. The Hall–Kier alpha value is -1.59. The van der Waals surface area contributed by atoms with Crippen molar-refractivity contribution in [1.82, 2.24) is 15.5 Å². The van der Waals surface area contributed by atoms with E-state index in [1.54, 1.807) is 0 Å². The lowest BCUT2D eigenvalue weighted by Gasteiger charge is -2.11. The van der Waals surface area contributed by atoms with Gasteiger partial charge in [-0.25, -0.2) is 0 Å². The first-order valence-electron chi connectivity index (χ1n) is 6.10. The van der Waals surface area contributed by atoms with Gasteiger partial charge in [-0.05, 0) is 19.2 Å². The van der Waals surface area contributed by atoms with Gasteiger partial charge in [0.25, 0.3) is 5.89 Å². The largest absolute Gasteiger partial charge is 0.483 e. The molecule has 19 heavy (non-hydrogen) atoms. The van der Waals surface area contributed by atoms with Crippen LogP contribution in [0.5, 0.6) is 5.75 Å². The van der Waals surface area contributed by atoms with E-state index < -0.39 is 0 Å². The molecule has 0 radical (unpaired) electrons. The molecule has 6 heteroatoms. The molecule has 5 nitrogen and oxygen atoms in total. The summed E-state index contributed by atoms with van der Waals surface area (Å²) >= 11 is 6.15. The third kappa shape index (κ3) is 3.45. The first kappa shape index (κ1) is 13.8. The van der Waals surface area contributed by atoms with Gasteiger partial charge >= 0.3 is 0 Å². The number of nitrogens with one attached hydrogen (secondary N) is 1. The average molecular weight is 282 g/mol. The van der Waals surface area contributed by atoms with Gasteiger partial charge in [-0.15, -0.1) is 10.2 Å². The molecule has 0 saturated heterocycles. The van der Waals surface area contributed by atoms with Gasteiger partial charge < -0.3 is 14.5 Å². The smallest absolute Gasteiger partial charge is 0.253 e. The normalized spacial score (nSPS) is 10.7. The average Bonchev–Trinajstić information content (AvgIpc) is 2.87. The molecule has 0 bridgehead atoms. The highest BCUT2D eigenvalue weighted by Crippen LogP contribution is 2.26. The van der Waals surface area contributed by atoms with Gasteiger partial charge in [0, 0.05) is 23.6 Å². The minimum absolute atomic E-state index is 0.240. The number of hydrogen-bond donors (Lipinski definition) is 1. The Balaban J connectivity index is 2.08. The molecule has 0 aliphatic rings. The van der Waals surface area contributed by atoms with E-state index in [0.717, 1.165) is 17.7 Å². The number of hydrogen-bond acceptors (Lipinski definition) is 5. The zero-order chi connectivity index (χ0) is 13.7. The number of aryl methyl sites for hydroxylation is 1. The molecule has 0 spiro atoms. The predicted molar refractivity (Wildman–Crippen MR) is 72.2 cm³/mol. The standard InChI is InChI=1S/C13H16ClN3O2/c1-3-12-16-17-13(19-12)8-18-11-6-4-5-10(14)9(11)7-15-2/h4-6,15H,3,7-8H2,1-2H3. The second-order valence-electron chi connectivity index (χ2n) is 3.98. The van der Waals surface area contributed by atoms with E-state index in [9.17, 15) is 0 Å². The quantitative estimate of drug-likeness (QED) is 0.882. The molecule has 2 rings (SSSR count). The summed E-state index contributed by atoms with van der Waals surface area (Å²) < 4.78 is 11.1. The molecule has 2 aromatic rings. The minimum Gasteiger partial charge on any atom is -0.483 e. The Kier molecular flexibility index (Phi) is 4.76. The van der Waals surface area contributed by atoms with Crippen LogP contribution in [0.4, 0.5) is 0 Å². The molecule has 1 aromatic carbocycles. The van der Waals surface area contributed by atoms with Crippen LogP contribution >= 0.6 is 11.6 Å². The molecule has 102 valence electrons. The number of halogens is 1. The Bertz CT molecular complexity index is 542. The third-order valence-corrected chi connectivity index (χ3v) is 2.95. The van der Waals surface area contributed by atoms with Gasteiger partial charge in [0.1, 0.15) is 5.75 Å². The number of ether oxygens (including phenoxy) is 1. The SMILES string of the molecule is CCc1nnc(COc2cccc(Cl)c2CNC)o1. The lowest BCUT2D eigenvalue weighted by atomic mass is 10.2. The van der Waals surface area contributed by atoms with Crippen molar-refractivity contribution in [2.24, 2.45) is 0 Å². The summed E-state index contributed by atoms with van der Waals surface area (Å²) in [7, 11) is 1.86. The summed E-state index contributed by atoms with van der Waals surface area (Å²) in [6, 6.07) is 5.56. The van der Waals surface area contributed by atoms with Gasteiger partial charge in [-0.3, -0.25) is 0 Å². The maximum Gasteiger partial charge on any atom is 0.253 e. The van der Waals surface area contributed by atoms with Gasteiger partial charge in [-0.1, -0.05) is 24.6 Å². The first-order chi connectivity index (χ1) is 9.24. The monoisotopic (exact) mass is 281 g/mol. The molecule has 1 heterocycles. The molecular formula is C13H16ClN3O2. The molecule has 1 aromatic heterocycles. The summed E-state index contributed by atoms with van der Waals surface area (Å²) in [5.74, 6) is 1.80. The van der Waals surface area contributed by atoms with Crippen molar-refractivity contribution in [3.05, 3.63) is 40.6 Å². The van der Waals surface area contributed by atoms with Crippen LogP contribution in [0, 0.1) is 0 Å². The summed E-state index contributed by atoms with van der Waals surface area (Å²) in [6.07, 6.45) is 0.717. The second-order valence-corrected chi connectivity index (χ2v) is 4.39. The van der Waals surface area contributed by atoms with Gasteiger partial charge in [-0.2, -0.15) is 0 Å². The molecule has 0 aliphatic heterocycles. The maximum absolute atomic E-state index is 6.15. The minimum atomic E-state index is 0.240. The van der Waals surface area contributed by atoms with Crippen molar-refractivity contribution in [2.75, 3.05) is 7.05 Å². The fourth-order valence-electron chi connectivity index (χ4n) is 1.65. The van der Waals surface area contributed by atoms with E-state index in [0.29, 0.717) is 23.3 Å². The Morgan fingerprint density at radius 1 is 1.32 bits per heavy atom. The van der Waals surface area contributed by atoms with Gasteiger partial charge in [0.05, 0.1) is 0 Å². The zero-order valence-corrected chi connectivity index (χ0v) is 11.7. The number of aromatic nitrogens is 2. The Morgan fingerprint density at radius 3 is 2.79 bits per heavy atom. The summed E-state index contributed by atoms with van der Waals surface area (Å²) in [4.78, 5) is 0. The fourth-order valence-corrected chi connectivity index (χ4v) is 1.88. The van der Waals surface area contributed by atoms with E-state index in [4.69, 9.17) is 20.8 Å². The molecule has 0 aliphatic carbocycles. The topological polar surface area (TPSA) is 60.2 Å². The lowest BCUT2D eigenvalue weighted by Crippen LogP contribution is -2.08. The molecule has 1 N–H and O–H groups in total. The van der Waals surface area contributed by atoms with Crippen molar-refractivity contribution in [1.29, 1.82) is 0 Å². The van der Waals surface area contributed by atoms with Crippen molar-refractivity contribution < 1.29 is 9.15 Å². The van der Waals surface area contributed by atoms with Crippen molar-refractivity contribution in [3.63, 3.8) is 0 Å². The van der Waals surface area contributed by atoms with Crippen LogP contribution < -0.4 is 10.1 Å². The van der Waals surface area contributed by atoms with Crippen LogP contribution in [-0.4, -0.2) is 17.2 Å². The summed E-state index contributed by atoms with van der Waals surface area (Å²) in [6.45, 7) is 2.84.